The fraction of sp³-hybridized carbons (Fsp3) is 0.200. The number of nitrogens with two attached hydrogens (primary N) is 1. The average molecular weight is 287 g/mol. The van der Waals surface area contributed by atoms with Gasteiger partial charge in [0.2, 0.25) is 0 Å². The lowest BCUT2D eigenvalue weighted by atomic mass is 10.1. The SMILES string of the molecule is Cc1ccoc1C(=O)Nc1ccccc1C(=O)NCCN. The molecule has 0 saturated heterocycles. The van der Waals surface area contributed by atoms with Crippen LogP contribution in [0.25, 0.3) is 0 Å². The Morgan fingerprint density at radius 3 is 2.62 bits per heavy atom. The minimum absolute atomic E-state index is 0.229. The Morgan fingerprint density at radius 1 is 1.19 bits per heavy atom. The Morgan fingerprint density at radius 2 is 1.95 bits per heavy atom. The van der Waals surface area contributed by atoms with Crippen LogP contribution in [0.1, 0.15) is 26.5 Å². The Hall–Kier alpha value is -2.60. The third-order valence-corrected chi connectivity index (χ3v) is 2.92. The van der Waals surface area contributed by atoms with Gasteiger partial charge in [0.15, 0.2) is 5.76 Å². The molecule has 0 atom stereocenters. The number of carbonyl (C=O) groups is 2. The molecule has 21 heavy (non-hydrogen) atoms. The monoisotopic (exact) mass is 287 g/mol. The molecule has 1 aromatic carbocycles. The predicted molar refractivity (Wildman–Crippen MR) is 79.2 cm³/mol. The zero-order valence-corrected chi connectivity index (χ0v) is 11.7. The molecule has 2 rings (SSSR count). The smallest absolute Gasteiger partial charge is 0.291 e. The summed E-state index contributed by atoms with van der Waals surface area (Å²) in [5.41, 5.74) is 6.89. The van der Waals surface area contributed by atoms with E-state index >= 15 is 0 Å². The van der Waals surface area contributed by atoms with Gasteiger partial charge in [-0.05, 0) is 25.1 Å². The molecule has 1 aromatic heterocycles. The van der Waals surface area contributed by atoms with Gasteiger partial charge >= 0.3 is 0 Å². The number of para-hydroxylation sites is 1. The molecule has 0 radical (unpaired) electrons. The molecule has 0 bridgehead atoms. The molecule has 1 heterocycles. The first-order valence-corrected chi connectivity index (χ1v) is 6.56. The van der Waals surface area contributed by atoms with Crippen molar-refractivity contribution in [1.82, 2.24) is 5.32 Å². The van der Waals surface area contributed by atoms with E-state index in [4.69, 9.17) is 10.2 Å². The van der Waals surface area contributed by atoms with Crippen LogP contribution in [0, 0.1) is 6.92 Å². The normalized spacial score (nSPS) is 10.2. The van der Waals surface area contributed by atoms with E-state index in [9.17, 15) is 9.59 Å². The number of aryl methyl sites for hydroxylation is 1. The lowest BCUT2D eigenvalue weighted by molar-refractivity contribution is 0.0955. The maximum absolute atomic E-state index is 12.1. The van der Waals surface area contributed by atoms with Gasteiger partial charge in [-0.2, -0.15) is 0 Å². The summed E-state index contributed by atoms with van der Waals surface area (Å²) in [4.78, 5) is 24.1. The number of hydrogen-bond donors (Lipinski definition) is 3. The van der Waals surface area contributed by atoms with Crippen LogP contribution in [-0.2, 0) is 0 Å². The molecular weight excluding hydrogens is 270 g/mol. The lowest BCUT2D eigenvalue weighted by Gasteiger charge is -2.10. The first-order chi connectivity index (χ1) is 10.1. The van der Waals surface area contributed by atoms with E-state index in [1.54, 1.807) is 37.3 Å². The molecule has 4 N–H and O–H groups in total. The highest BCUT2D eigenvalue weighted by molar-refractivity contribution is 6.08. The molecule has 0 aliphatic rings. The van der Waals surface area contributed by atoms with E-state index in [1.165, 1.54) is 6.26 Å². The number of nitrogens with one attached hydrogen (secondary N) is 2. The fourth-order valence-corrected chi connectivity index (χ4v) is 1.86. The molecule has 0 spiro atoms. The standard InChI is InChI=1S/C15H17N3O3/c1-10-6-9-21-13(10)15(20)18-12-5-3-2-4-11(12)14(19)17-8-7-16/h2-6,9H,7-8,16H2,1H3,(H,17,19)(H,18,20). The Kier molecular flexibility index (Phi) is 4.73. The number of benzene rings is 1. The minimum Gasteiger partial charge on any atom is -0.459 e. The van der Waals surface area contributed by atoms with Crippen molar-refractivity contribution in [3.8, 4) is 0 Å². The first-order valence-electron chi connectivity index (χ1n) is 6.56. The highest BCUT2D eigenvalue weighted by Gasteiger charge is 2.16. The summed E-state index contributed by atoms with van der Waals surface area (Å²) in [6.45, 7) is 2.50. The number of anilines is 1. The molecule has 0 unspecified atom stereocenters. The quantitative estimate of drug-likeness (QED) is 0.776. The van der Waals surface area contributed by atoms with Gasteiger partial charge in [-0.25, -0.2) is 0 Å². The number of hydrogen-bond acceptors (Lipinski definition) is 4. The molecule has 2 aromatic rings. The summed E-state index contributed by atoms with van der Waals surface area (Å²) in [5, 5.41) is 5.36. The average Bonchev–Trinajstić information content (AvgIpc) is 2.91. The van der Waals surface area contributed by atoms with Crippen molar-refractivity contribution in [2.24, 2.45) is 5.73 Å². The molecular formula is C15H17N3O3. The van der Waals surface area contributed by atoms with Crippen LogP contribution in [0.2, 0.25) is 0 Å². The highest BCUT2D eigenvalue weighted by Crippen LogP contribution is 2.17. The summed E-state index contributed by atoms with van der Waals surface area (Å²) < 4.78 is 5.13. The summed E-state index contributed by atoms with van der Waals surface area (Å²) in [6.07, 6.45) is 1.45. The van der Waals surface area contributed by atoms with Gasteiger partial charge in [0.05, 0.1) is 17.5 Å². The second-order valence-corrected chi connectivity index (χ2v) is 4.48. The van der Waals surface area contributed by atoms with Gasteiger partial charge in [-0.15, -0.1) is 0 Å². The van der Waals surface area contributed by atoms with Crippen LogP contribution >= 0.6 is 0 Å². The van der Waals surface area contributed by atoms with Crippen LogP contribution in [-0.4, -0.2) is 24.9 Å². The van der Waals surface area contributed by atoms with Gasteiger partial charge in [0.25, 0.3) is 11.8 Å². The first kappa shape index (κ1) is 14.8. The van der Waals surface area contributed by atoms with E-state index in [0.29, 0.717) is 24.3 Å². The minimum atomic E-state index is -0.392. The van der Waals surface area contributed by atoms with Gasteiger partial charge in [-0.3, -0.25) is 9.59 Å². The van der Waals surface area contributed by atoms with E-state index in [0.717, 1.165) is 5.56 Å². The van der Waals surface area contributed by atoms with Crippen molar-refractivity contribution in [2.75, 3.05) is 18.4 Å². The van der Waals surface area contributed by atoms with E-state index in [2.05, 4.69) is 10.6 Å². The summed E-state index contributed by atoms with van der Waals surface area (Å²) >= 11 is 0. The van der Waals surface area contributed by atoms with Crippen molar-refractivity contribution in [3.05, 3.63) is 53.5 Å². The van der Waals surface area contributed by atoms with E-state index in [1.807, 2.05) is 0 Å². The van der Waals surface area contributed by atoms with Crippen LogP contribution in [0.15, 0.2) is 41.0 Å². The summed E-state index contributed by atoms with van der Waals surface area (Å²) in [7, 11) is 0. The fourth-order valence-electron chi connectivity index (χ4n) is 1.86. The molecule has 6 heteroatoms. The van der Waals surface area contributed by atoms with Crippen molar-refractivity contribution in [2.45, 2.75) is 6.92 Å². The van der Waals surface area contributed by atoms with Crippen LogP contribution < -0.4 is 16.4 Å². The lowest BCUT2D eigenvalue weighted by Crippen LogP contribution is -2.30. The molecule has 110 valence electrons. The zero-order valence-electron chi connectivity index (χ0n) is 11.7. The Labute approximate surface area is 122 Å². The number of amides is 2. The molecule has 6 nitrogen and oxygen atoms in total. The van der Waals surface area contributed by atoms with Crippen molar-refractivity contribution < 1.29 is 14.0 Å². The third-order valence-electron chi connectivity index (χ3n) is 2.92. The highest BCUT2D eigenvalue weighted by atomic mass is 16.3. The van der Waals surface area contributed by atoms with Crippen LogP contribution in [0.5, 0.6) is 0 Å². The van der Waals surface area contributed by atoms with Gasteiger partial charge in [-0.1, -0.05) is 12.1 Å². The maximum Gasteiger partial charge on any atom is 0.291 e. The molecule has 2 amide bonds. The van der Waals surface area contributed by atoms with Gasteiger partial charge < -0.3 is 20.8 Å². The van der Waals surface area contributed by atoms with Crippen molar-refractivity contribution in [3.63, 3.8) is 0 Å². The van der Waals surface area contributed by atoms with Crippen molar-refractivity contribution in [1.29, 1.82) is 0 Å². The number of furan rings is 1. The zero-order chi connectivity index (χ0) is 15.2. The second-order valence-electron chi connectivity index (χ2n) is 4.48. The van der Waals surface area contributed by atoms with Crippen LogP contribution in [0.3, 0.4) is 0 Å². The topological polar surface area (TPSA) is 97.4 Å². The van der Waals surface area contributed by atoms with E-state index in [-0.39, 0.29) is 11.7 Å². The molecule has 0 saturated carbocycles. The maximum atomic E-state index is 12.1. The Bertz CT molecular complexity index is 649. The second kappa shape index (κ2) is 6.71. The molecule has 0 aliphatic carbocycles. The summed E-state index contributed by atoms with van der Waals surface area (Å²) in [6, 6.07) is 8.47. The van der Waals surface area contributed by atoms with Crippen molar-refractivity contribution >= 4 is 17.5 Å². The number of rotatable bonds is 5. The van der Waals surface area contributed by atoms with Gasteiger partial charge in [0, 0.05) is 18.7 Å². The van der Waals surface area contributed by atoms with Crippen LogP contribution in [0.4, 0.5) is 5.69 Å². The number of carbonyl (C=O) groups excluding carboxylic acids is 2. The summed E-state index contributed by atoms with van der Waals surface area (Å²) in [5.74, 6) is -0.448. The van der Waals surface area contributed by atoms with Gasteiger partial charge in [0.1, 0.15) is 0 Å². The molecule has 0 aliphatic heterocycles. The Balaban J connectivity index is 2.19. The largest absolute Gasteiger partial charge is 0.459 e. The molecule has 0 fully saturated rings. The third kappa shape index (κ3) is 3.49. The predicted octanol–water partition coefficient (Wildman–Crippen LogP) is 1.53. The van der Waals surface area contributed by atoms with E-state index < -0.39 is 5.91 Å².